The molecule has 1 atom stereocenters. The van der Waals surface area contributed by atoms with Gasteiger partial charge in [-0.3, -0.25) is 9.59 Å². The number of hydrogen-bond donors (Lipinski definition) is 2. The number of H-pyrrole nitrogens is 1. The summed E-state index contributed by atoms with van der Waals surface area (Å²) < 4.78 is 19.2. The van der Waals surface area contributed by atoms with Gasteiger partial charge < -0.3 is 24.9 Å². The highest BCUT2D eigenvalue weighted by Crippen LogP contribution is 2.47. The van der Waals surface area contributed by atoms with Crippen LogP contribution in [0.5, 0.6) is 0 Å². The molecule has 8 nitrogen and oxygen atoms in total. The third kappa shape index (κ3) is 3.86. The summed E-state index contributed by atoms with van der Waals surface area (Å²) in [7, 11) is 0. The predicted molar refractivity (Wildman–Crippen MR) is 119 cm³/mol. The molecule has 2 aromatic rings. The monoisotopic (exact) mass is 451 g/mol. The summed E-state index contributed by atoms with van der Waals surface area (Å²) in [5.74, 6) is 0.0603. The number of fused-ring (bicyclic) bond motifs is 1. The first-order valence-electron chi connectivity index (χ1n) is 11.2. The normalized spacial score (nSPS) is 21.6. The molecule has 2 aliphatic heterocycles. The van der Waals surface area contributed by atoms with Crippen molar-refractivity contribution in [3.05, 3.63) is 59.4 Å². The van der Waals surface area contributed by atoms with Crippen molar-refractivity contribution in [2.24, 2.45) is 5.92 Å². The fraction of sp³-hybridized carbons (Fsp3) is 0.417. The summed E-state index contributed by atoms with van der Waals surface area (Å²) >= 11 is 0. The highest BCUT2D eigenvalue weighted by molar-refractivity contribution is 6.10. The van der Waals surface area contributed by atoms with Gasteiger partial charge in [-0.2, -0.15) is 0 Å². The number of allylic oxidation sites excluding steroid dienone is 2. The highest BCUT2D eigenvalue weighted by atomic mass is 19.1. The zero-order chi connectivity index (χ0) is 23.3. The standard InChI is InChI=1S/C24H26FN5O3/c1-14(2)17(11-18(26)15-3-5-16(25)6-4-15)21-27-12-19(28-21)22(31)29-9-10-30-20(13-29)33-24(7-8-24)23(30)32/h3-6,11-12,14,20,26H,7-10,13H2,1-2H3,(H,27,28)/b17-11-,26-18?/t20-/m0/s1. The minimum absolute atomic E-state index is 0.0380. The largest absolute Gasteiger partial charge is 0.340 e. The van der Waals surface area contributed by atoms with E-state index in [1.807, 2.05) is 13.8 Å². The van der Waals surface area contributed by atoms with Crippen molar-refractivity contribution in [1.82, 2.24) is 19.8 Å². The van der Waals surface area contributed by atoms with E-state index in [0.29, 0.717) is 36.7 Å². The molecule has 2 amide bonds. The van der Waals surface area contributed by atoms with Crippen molar-refractivity contribution in [3.63, 3.8) is 0 Å². The Balaban J connectivity index is 1.32. The van der Waals surface area contributed by atoms with Gasteiger partial charge in [-0.1, -0.05) is 13.8 Å². The van der Waals surface area contributed by atoms with Gasteiger partial charge in [0.15, 0.2) is 6.23 Å². The molecular formula is C24H26FN5O3. The lowest BCUT2D eigenvalue weighted by atomic mass is 9.98. The Morgan fingerprint density at radius 2 is 2.03 bits per heavy atom. The number of imidazole rings is 1. The van der Waals surface area contributed by atoms with Crippen molar-refractivity contribution in [1.29, 1.82) is 5.41 Å². The maximum atomic E-state index is 13.2. The predicted octanol–water partition coefficient (Wildman–Crippen LogP) is 2.83. The third-order valence-corrected chi connectivity index (χ3v) is 6.50. The van der Waals surface area contributed by atoms with E-state index in [4.69, 9.17) is 10.1 Å². The number of nitrogens with one attached hydrogen (secondary N) is 2. The number of halogens is 1. The topological polar surface area (TPSA) is 102 Å². The first-order valence-corrected chi connectivity index (χ1v) is 11.2. The summed E-state index contributed by atoms with van der Waals surface area (Å²) in [6.07, 6.45) is 4.33. The van der Waals surface area contributed by atoms with Crippen LogP contribution in [-0.4, -0.2) is 68.8 Å². The third-order valence-electron chi connectivity index (χ3n) is 6.50. The maximum Gasteiger partial charge on any atom is 0.272 e. The lowest BCUT2D eigenvalue weighted by Crippen LogP contribution is -2.53. The van der Waals surface area contributed by atoms with E-state index >= 15 is 0 Å². The van der Waals surface area contributed by atoms with E-state index in [0.717, 1.165) is 18.4 Å². The van der Waals surface area contributed by atoms with Gasteiger partial charge in [0.1, 0.15) is 22.9 Å². The van der Waals surface area contributed by atoms with Crippen LogP contribution in [0.15, 0.2) is 36.5 Å². The Kier molecular flexibility index (Phi) is 5.16. The molecule has 2 N–H and O–H groups in total. The fourth-order valence-corrected chi connectivity index (χ4v) is 4.41. The fourth-order valence-electron chi connectivity index (χ4n) is 4.41. The second kappa shape index (κ2) is 7.91. The molecule has 0 unspecified atom stereocenters. The number of aromatic nitrogens is 2. The zero-order valence-electron chi connectivity index (χ0n) is 18.6. The van der Waals surface area contributed by atoms with Gasteiger partial charge in [-0.15, -0.1) is 0 Å². The Bertz CT molecular complexity index is 1150. The molecule has 3 fully saturated rings. The first-order chi connectivity index (χ1) is 15.8. The lowest BCUT2D eigenvalue weighted by Gasteiger charge is -2.35. The van der Waals surface area contributed by atoms with E-state index in [1.165, 1.54) is 18.3 Å². The lowest BCUT2D eigenvalue weighted by molar-refractivity contribution is -0.132. The van der Waals surface area contributed by atoms with Gasteiger partial charge in [-0.05, 0) is 60.2 Å². The smallest absolute Gasteiger partial charge is 0.272 e. The Morgan fingerprint density at radius 3 is 2.70 bits per heavy atom. The molecule has 5 rings (SSSR count). The summed E-state index contributed by atoms with van der Waals surface area (Å²) in [5, 5.41) is 8.38. The molecular weight excluding hydrogens is 425 g/mol. The molecule has 0 radical (unpaired) electrons. The molecule has 9 heteroatoms. The van der Waals surface area contributed by atoms with Crippen LogP contribution in [0.3, 0.4) is 0 Å². The van der Waals surface area contributed by atoms with Crippen LogP contribution in [-0.2, 0) is 9.53 Å². The molecule has 1 aromatic heterocycles. The number of aromatic amines is 1. The number of ether oxygens (including phenoxy) is 1. The highest BCUT2D eigenvalue weighted by Gasteiger charge is 2.62. The van der Waals surface area contributed by atoms with Crippen LogP contribution in [0.1, 0.15) is 48.6 Å². The van der Waals surface area contributed by atoms with Crippen LogP contribution in [0, 0.1) is 17.1 Å². The number of carbonyl (C=O) groups is 2. The quantitative estimate of drug-likeness (QED) is 0.683. The van der Waals surface area contributed by atoms with Gasteiger partial charge in [0.05, 0.1) is 18.5 Å². The number of nitrogens with zero attached hydrogens (tertiary/aromatic N) is 3. The minimum atomic E-state index is -0.628. The van der Waals surface area contributed by atoms with Crippen LogP contribution in [0.25, 0.3) is 5.57 Å². The molecule has 3 aliphatic rings. The van der Waals surface area contributed by atoms with Gasteiger partial charge in [0.25, 0.3) is 11.8 Å². The summed E-state index contributed by atoms with van der Waals surface area (Å²) in [4.78, 5) is 36.5. The molecule has 172 valence electrons. The Hall–Kier alpha value is -3.33. The van der Waals surface area contributed by atoms with Crippen LogP contribution < -0.4 is 0 Å². The van der Waals surface area contributed by atoms with E-state index in [9.17, 15) is 14.0 Å². The van der Waals surface area contributed by atoms with Crippen molar-refractivity contribution in [2.45, 2.75) is 38.5 Å². The molecule has 3 heterocycles. The van der Waals surface area contributed by atoms with Crippen molar-refractivity contribution >= 4 is 23.1 Å². The number of piperazine rings is 1. The van der Waals surface area contributed by atoms with Gasteiger partial charge in [0.2, 0.25) is 0 Å². The van der Waals surface area contributed by atoms with Gasteiger partial charge in [0, 0.05) is 13.1 Å². The zero-order valence-corrected chi connectivity index (χ0v) is 18.6. The number of amides is 2. The second-order valence-electron chi connectivity index (χ2n) is 9.14. The van der Waals surface area contributed by atoms with E-state index < -0.39 is 5.60 Å². The first kappa shape index (κ1) is 21.5. The summed E-state index contributed by atoms with van der Waals surface area (Å²) in [5.41, 5.74) is 1.32. The van der Waals surface area contributed by atoms with Gasteiger partial charge in [-0.25, -0.2) is 9.37 Å². The number of carbonyl (C=O) groups excluding carboxylic acids is 2. The SMILES string of the molecule is CC(C)/C(=C/C(=N)c1ccc(F)cc1)c1ncc(C(=O)N2CCN3C(=O)C4(CC4)O[C@H]3C2)[nH]1. The average molecular weight is 452 g/mol. The Labute approximate surface area is 190 Å². The molecule has 1 aliphatic carbocycles. The molecule has 1 spiro atoms. The molecule has 2 saturated heterocycles. The van der Waals surface area contributed by atoms with E-state index in [2.05, 4.69) is 9.97 Å². The summed E-state index contributed by atoms with van der Waals surface area (Å²) in [6, 6.07) is 5.76. The van der Waals surface area contributed by atoms with Crippen molar-refractivity contribution in [3.8, 4) is 0 Å². The van der Waals surface area contributed by atoms with Crippen LogP contribution >= 0.6 is 0 Å². The van der Waals surface area contributed by atoms with Gasteiger partial charge >= 0.3 is 0 Å². The minimum Gasteiger partial charge on any atom is -0.340 e. The van der Waals surface area contributed by atoms with E-state index in [-0.39, 0.29) is 35.5 Å². The second-order valence-corrected chi connectivity index (χ2v) is 9.14. The van der Waals surface area contributed by atoms with Crippen molar-refractivity contribution in [2.75, 3.05) is 19.6 Å². The number of benzene rings is 1. The number of rotatable bonds is 5. The van der Waals surface area contributed by atoms with Crippen LogP contribution in [0.4, 0.5) is 4.39 Å². The molecule has 33 heavy (non-hydrogen) atoms. The molecule has 1 aromatic carbocycles. The maximum absolute atomic E-state index is 13.2. The average Bonchev–Trinajstić information content (AvgIpc) is 3.31. The van der Waals surface area contributed by atoms with Crippen molar-refractivity contribution < 1.29 is 18.7 Å². The van der Waals surface area contributed by atoms with E-state index in [1.54, 1.807) is 28.0 Å². The Morgan fingerprint density at radius 1 is 1.30 bits per heavy atom. The molecule has 1 saturated carbocycles. The van der Waals surface area contributed by atoms with Crippen LogP contribution in [0.2, 0.25) is 0 Å². The summed E-state index contributed by atoms with van der Waals surface area (Å²) in [6.45, 7) is 5.20. The number of hydrogen-bond acceptors (Lipinski definition) is 5. The molecule has 0 bridgehead atoms.